The molecule has 0 saturated carbocycles. The maximum atomic E-state index is 9.35. The average molecular weight is 226 g/mol. The Morgan fingerprint density at radius 1 is 1.57 bits per heavy atom. The van der Waals surface area contributed by atoms with Gasteiger partial charge in [0.2, 0.25) is 0 Å². The first-order valence-electron chi connectivity index (χ1n) is 1.00. The Kier molecular flexibility index (Phi) is 6.21. The van der Waals surface area contributed by atoms with Crippen molar-refractivity contribution in [2.75, 3.05) is 0 Å². The van der Waals surface area contributed by atoms with E-state index in [-0.39, 0.29) is 25.8 Å². The Morgan fingerprint density at radius 3 is 1.71 bits per heavy atom. The van der Waals surface area contributed by atoms with E-state index in [1.807, 2.05) is 0 Å². The van der Waals surface area contributed by atoms with Crippen molar-refractivity contribution in [3.63, 3.8) is 0 Å². The zero-order chi connectivity index (χ0) is 5.21. The summed E-state index contributed by atoms with van der Waals surface area (Å²) in [5.41, 5.74) is 0. The molecular formula is H5BInO4P. The van der Waals surface area contributed by atoms with Gasteiger partial charge in [-0.1, -0.05) is 0 Å². The van der Waals surface area contributed by atoms with Crippen molar-refractivity contribution >= 4 is 41.7 Å². The van der Waals surface area contributed by atoms with Gasteiger partial charge < -0.3 is 14.2 Å². The SMILES string of the molecule is [B]OP(=O)(O)O.[InH3]. The molecule has 0 aromatic carbocycles. The molecule has 0 aliphatic carbocycles. The third kappa shape index (κ3) is 11.0. The van der Waals surface area contributed by atoms with Crippen molar-refractivity contribution in [2.24, 2.45) is 0 Å². The van der Waals surface area contributed by atoms with Gasteiger partial charge in [0, 0.05) is 0 Å². The van der Waals surface area contributed by atoms with Crippen molar-refractivity contribution in [3.8, 4) is 0 Å². The van der Waals surface area contributed by atoms with Gasteiger partial charge >= 0.3 is 33.7 Å². The zero-order valence-electron chi connectivity index (χ0n) is 2.74. The molecule has 0 bridgehead atoms. The molecule has 40 valence electrons. The van der Waals surface area contributed by atoms with E-state index in [9.17, 15) is 4.57 Å². The fraction of sp³-hybridized carbons (Fsp3) is 0. The molecule has 0 fully saturated rings. The quantitative estimate of drug-likeness (QED) is 0.400. The van der Waals surface area contributed by atoms with Gasteiger partial charge in [0.05, 0.1) is 0 Å². The predicted octanol–water partition coefficient (Wildman–Crippen LogP) is -2.00. The van der Waals surface area contributed by atoms with Gasteiger partial charge in [-0.25, -0.2) is 4.57 Å². The van der Waals surface area contributed by atoms with Gasteiger partial charge in [-0.2, -0.15) is 0 Å². The van der Waals surface area contributed by atoms with Crippen LogP contribution in [0, 0.1) is 0 Å². The second kappa shape index (κ2) is 3.98. The normalized spacial score (nSPS) is 10.0. The number of rotatable bonds is 1. The Labute approximate surface area is 60.7 Å². The van der Waals surface area contributed by atoms with E-state index in [1.54, 1.807) is 0 Å². The third-order valence-corrected chi connectivity index (χ3v) is 0.412. The summed E-state index contributed by atoms with van der Waals surface area (Å²) in [6.45, 7) is 0. The molecule has 0 unspecified atom stereocenters. The first-order valence-corrected chi connectivity index (χ1v) is 2.53. The van der Waals surface area contributed by atoms with Crippen LogP contribution in [-0.4, -0.2) is 43.7 Å². The number of phosphoric acid groups is 1. The van der Waals surface area contributed by atoms with Crippen molar-refractivity contribution in [1.82, 2.24) is 0 Å². The Bertz CT molecular complexity index is 75.8. The summed E-state index contributed by atoms with van der Waals surface area (Å²) in [6.07, 6.45) is 0. The molecule has 0 aliphatic heterocycles. The van der Waals surface area contributed by atoms with Crippen LogP contribution in [0.25, 0.3) is 0 Å². The second-order valence-electron chi connectivity index (χ2n) is 0.596. The number of hydrogen-bond acceptors (Lipinski definition) is 2. The topological polar surface area (TPSA) is 66.8 Å². The van der Waals surface area contributed by atoms with Crippen LogP contribution in [-0.2, 0) is 9.01 Å². The maximum absolute atomic E-state index is 9.35. The van der Waals surface area contributed by atoms with Crippen molar-refractivity contribution in [1.29, 1.82) is 0 Å². The first kappa shape index (κ1) is 10.9. The van der Waals surface area contributed by atoms with Crippen LogP contribution >= 0.6 is 7.82 Å². The minimum absolute atomic E-state index is 0. The third-order valence-electron chi connectivity index (χ3n) is 0.137. The fourth-order valence-corrected chi connectivity index (χ4v) is 0. The Morgan fingerprint density at radius 2 is 1.71 bits per heavy atom. The molecule has 0 aromatic heterocycles. The first-order chi connectivity index (χ1) is 2.56. The summed E-state index contributed by atoms with van der Waals surface area (Å²) in [4.78, 5) is 15.2. The molecule has 7 heavy (non-hydrogen) atoms. The molecule has 0 saturated heterocycles. The van der Waals surface area contributed by atoms with E-state index in [0.717, 1.165) is 0 Å². The molecule has 0 aromatic rings. The van der Waals surface area contributed by atoms with Gasteiger partial charge in [-0.15, -0.1) is 0 Å². The van der Waals surface area contributed by atoms with E-state index in [1.165, 1.54) is 0 Å². The van der Waals surface area contributed by atoms with Crippen LogP contribution in [0.3, 0.4) is 0 Å². The van der Waals surface area contributed by atoms with Crippen LogP contribution in [0.15, 0.2) is 0 Å². The van der Waals surface area contributed by atoms with Crippen molar-refractivity contribution < 1.29 is 18.8 Å². The molecule has 0 amide bonds. The molecular weight excluding hydrogens is 221 g/mol. The van der Waals surface area contributed by atoms with Crippen LogP contribution in [0.5, 0.6) is 0 Å². The molecule has 0 spiro atoms. The summed E-state index contributed by atoms with van der Waals surface area (Å²) >= 11 is 0. The van der Waals surface area contributed by atoms with Crippen LogP contribution in [0.1, 0.15) is 0 Å². The van der Waals surface area contributed by atoms with E-state index >= 15 is 0 Å². The molecule has 0 rings (SSSR count). The monoisotopic (exact) mass is 226 g/mol. The molecule has 7 heteroatoms. The van der Waals surface area contributed by atoms with E-state index in [0.29, 0.717) is 0 Å². The standard InChI is InChI=1S/BH2O4P.In.3H/c1-5-6(2,3)4;;;;/h(H2,2,3,4);;;;. The van der Waals surface area contributed by atoms with Crippen LogP contribution < -0.4 is 0 Å². The van der Waals surface area contributed by atoms with Gasteiger partial charge in [0.25, 0.3) is 8.05 Å². The molecule has 2 N–H and O–H groups in total. The predicted molar refractivity (Wildman–Crippen MR) is 28.8 cm³/mol. The number of hydrogen-bond donors (Lipinski definition) is 2. The Balaban J connectivity index is 0. The molecule has 4 nitrogen and oxygen atoms in total. The van der Waals surface area contributed by atoms with E-state index < -0.39 is 7.82 Å². The summed E-state index contributed by atoms with van der Waals surface area (Å²) in [5, 5.41) is 0. The summed E-state index contributed by atoms with van der Waals surface area (Å²) in [6, 6.07) is 0. The van der Waals surface area contributed by atoms with Gasteiger partial charge in [0.15, 0.2) is 0 Å². The average Bonchev–Trinajstić information content (AvgIpc) is 1.35. The molecule has 0 heterocycles. The van der Waals surface area contributed by atoms with Crippen molar-refractivity contribution in [2.45, 2.75) is 0 Å². The summed E-state index contributed by atoms with van der Waals surface area (Å²) in [5.74, 6) is 0. The minimum atomic E-state index is -4.37. The van der Waals surface area contributed by atoms with Gasteiger partial charge in [0.1, 0.15) is 0 Å². The summed E-state index contributed by atoms with van der Waals surface area (Å²) in [7, 11) is -0.326. The summed E-state index contributed by atoms with van der Waals surface area (Å²) < 4.78 is 12.5. The molecule has 0 atom stereocenters. The van der Waals surface area contributed by atoms with Crippen LogP contribution in [0.2, 0.25) is 0 Å². The van der Waals surface area contributed by atoms with Gasteiger partial charge in [-0.05, 0) is 0 Å². The zero-order valence-corrected chi connectivity index (χ0v) is 3.63. The van der Waals surface area contributed by atoms with E-state index in [2.05, 4.69) is 12.5 Å². The Hall–Kier alpha value is 1.05. The van der Waals surface area contributed by atoms with Crippen LogP contribution in [0.4, 0.5) is 0 Å². The fourth-order valence-electron chi connectivity index (χ4n) is 0. The molecule has 2 radical (unpaired) electrons. The van der Waals surface area contributed by atoms with Gasteiger partial charge in [-0.3, -0.25) is 0 Å². The second-order valence-corrected chi connectivity index (χ2v) is 1.79. The van der Waals surface area contributed by atoms with Crippen molar-refractivity contribution in [3.05, 3.63) is 0 Å². The molecule has 0 aliphatic rings. The van der Waals surface area contributed by atoms with E-state index in [4.69, 9.17) is 9.79 Å².